The summed E-state index contributed by atoms with van der Waals surface area (Å²) in [6.45, 7) is 18.4. The minimum absolute atomic E-state index is 0.783. The molecule has 0 aliphatic heterocycles. The third kappa shape index (κ3) is 5.11. The molecule has 0 radical (unpaired) electrons. The summed E-state index contributed by atoms with van der Waals surface area (Å²) >= 11 is 0. The van der Waals surface area contributed by atoms with Gasteiger partial charge >= 0.3 is 0 Å². The van der Waals surface area contributed by atoms with Crippen LogP contribution in [0.1, 0.15) is 80.1 Å². The first-order valence-electron chi connectivity index (χ1n) is 8.63. The lowest BCUT2D eigenvalue weighted by molar-refractivity contribution is 0.198. The molecule has 0 N–H and O–H groups in total. The van der Waals surface area contributed by atoms with Gasteiger partial charge in [-0.05, 0) is 76.5 Å². The van der Waals surface area contributed by atoms with E-state index in [1.54, 1.807) is 11.1 Å². The quantitative estimate of drug-likeness (QED) is 0.469. The molecule has 3 unspecified atom stereocenters. The van der Waals surface area contributed by atoms with Crippen molar-refractivity contribution in [1.29, 1.82) is 0 Å². The summed E-state index contributed by atoms with van der Waals surface area (Å²) in [4.78, 5) is 0. The fraction of sp³-hybridized carbons (Fsp3) is 0.800. The summed E-state index contributed by atoms with van der Waals surface area (Å²) in [7, 11) is 0. The van der Waals surface area contributed by atoms with Crippen molar-refractivity contribution in [3.05, 3.63) is 23.3 Å². The summed E-state index contributed by atoms with van der Waals surface area (Å²) in [5, 5.41) is 0. The molecule has 0 heteroatoms. The highest BCUT2D eigenvalue weighted by molar-refractivity contribution is 5.10. The van der Waals surface area contributed by atoms with Gasteiger partial charge in [-0.25, -0.2) is 0 Å². The number of hydrogen-bond acceptors (Lipinski definition) is 0. The van der Waals surface area contributed by atoms with E-state index in [4.69, 9.17) is 0 Å². The molecule has 0 aromatic heterocycles. The fourth-order valence-corrected chi connectivity index (χ4v) is 3.80. The van der Waals surface area contributed by atoms with E-state index in [1.165, 1.54) is 44.1 Å². The SMILES string of the molecule is C=C1CCCCC1C(CC(C)C)C(C)CC(C)=C(C)C. The van der Waals surface area contributed by atoms with Crippen molar-refractivity contribution >= 4 is 0 Å². The Bertz CT molecular complexity index is 341. The van der Waals surface area contributed by atoms with Gasteiger partial charge in [-0.15, -0.1) is 0 Å². The first-order chi connectivity index (χ1) is 9.32. The predicted octanol–water partition coefficient (Wildman–Crippen LogP) is 6.78. The molecule has 20 heavy (non-hydrogen) atoms. The van der Waals surface area contributed by atoms with Gasteiger partial charge in [0.05, 0.1) is 0 Å². The van der Waals surface area contributed by atoms with Gasteiger partial charge in [0.15, 0.2) is 0 Å². The molecular weight excluding hydrogens is 240 g/mol. The van der Waals surface area contributed by atoms with Crippen LogP contribution in [0.2, 0.25) is 0 Å². The second-order valence-corrected chi connectivity index (χ2v) is 7.77. The Morgan fingerprint density at radius 3 is 2.30 bits per heavy atom. The number of allylic oxidation sites excluding steroid dienone is 3. The maximum absolute atomic E-state index is 4.41. The third-order valence-electron chi connectivity index (χ3n) is 5.26. The molecule has 1 saturated carbocycles. The average Bonchev–Trinajstić information content (AvgIpc) is 2.36. The first kappa shape index (κ1) is 17.5. The molecular formula is C20H36. The van der Waals surface area contributed by atoms with E-state index in [0.29, 0.717) is 0 Å². The van der Waals surface area contributed by atoms with E-state index in [-0.39, 0.29) is 0 Å². The van der Waals surface area contributed by atoms with Crippen molar-refractivity contribution in [1.82, 2.24) is 0 Å². The van der Waals surface area contributed by atoms with Crippen molar-refractivity contribution in [2.45, 2.75) is 80.1 Å². The number of hydrogen-bond donors (Lipinski definition) is 0. The Kier molecular flexibility index (Phi) is 7.06. The summed E-state index contributed by atoms with van der Waals surface area (Å²) in [5.41, 5.74) is 4.64. The average molecular weight is 277 g/mol. The van der Waals surface area contributed by atoms with Gasteiger partial charge in [-0.2, -0.15) is 0 Å². The van der Waals surface area contributed by atoms with Crippen molar-refractivity contribution < 1.29 is 0 Å². The molecule has 3 atom stereocenters. The van der Waals surface area contributed by atoms with Gasteiger partial charge in [0, 0.05) is 0 Å². The molecule has 0 aromatic rings. The van der Waals surface area contributed by atoms with E-state index in [0.717, 1.165) is 23.7 Å². The van der Waals surface area contributed by atoms with E-state index in [1.807, 2.05) is 0 Å². The molecule has 0 bridgehead atoms. The maximum atomic E-state index is 4.41. The highest BCUT2D eigenvalue weighted by Gasteiger charge is 2.30. The Morgan fingerprint density at radius 2 is 1.80 bits per heavy atom. The van der Waals surface area contributed by atoms with Crippen molar-refractivity contribution in [3.8, 4) is 0 Å². The van der Waals surface area contributed by atoms with Gasteiger partial charge in [0.2, 0.25) is 0 Å². The summed E-state index contributed by atoms with van der Waals surface area (Å²) in [5.74, 6) is 3.19. The molecule has 0 saturated heterocycles. The van der Waals surface area contributed by atoms with E-state index < -0.39 is 0 Å². The molecule has 0 nitrogen and oxygen atoms in total. The molecule has 0 heterocycles. The van der Waals surface area contributed by atoms with Crippen LogP contribution in [0.25, 0.3) is 0 Å². The largest absolute Gasteiger partial charge is 0.0996 e. The van der Waals surface area contributed by atoms with E-state index in [2.05, 4.69) is 48.1 Å². The lowest BCUT2D eigenvalue weighted by Crippen LogP contribution is -2.27. The zero-order valence-electron chi connectivity index (χ0n) is 14.8. The van der Waals surface area contributed by atoms with Crippen LogP contribution in [0, 0.1) is 23.7 Å². The third-order valence-corrected chi connectivity index (χ3v) is 5.26. The predicted molar refractivity (Wildman–Crippen MR) is 91.9 cm³/mol. The minimum Gasteiger partial charge on any atom is -0.0996 e. The topological polar surface area (TPSA) is 0 Å². The Hall–Kier alpha value is -0.520. The van der Waals surface area contributed by atoms with Crippen LogP contribution in [0.4, 0.5) is 0 Å². The maximum Gasteiger partial charge on any atom is -0.0175 e. The first-order valence-corrected chi connectivity index (χ1v) is 8.63. The van der Waals surface area contributed by atoms with Crippen LogP contribution in [-0.4, -0.2) is 0 Å². The van der Waals surface area contributed by atoms with Crippen LogP contribution in [-0.2, 0) is 0 Å². The zero-order chi connectivity index (χ0) is 15.3. The highest BCUT2D eigenvalue weighted by atomic mass is 14.4. The fourth-order valence-electron chi connectivity index (χ4n) is 3.80. The van der Waals surface area contributed by atoms with Gasteiger partial charge in [-0.1, -0.05) is 50.5 Å². The van der Waals surface area contributed by atoms with Gasteiger partial charge in [0.25, 0.3) is 0 Å². The van der Waals surface area contributed by atoms with E-state index in [9.17, 15) is 0 Å². The smallest absolute Gasteiger partial charge is 0.0175 e. The molecule has 116 valence electrons. The van der Waals surface area contributed by atoms with E-state index >= 15 is 0 Å². The minimum atomic E-state index is 0.783. The molecule has 1 aliphatic rings. The second kappa shape index (κ2) is 8.05. The van der Waals surface area contributed by atoms with Gasteiger partial charge < -0.3 is 0 Å². The summed E-state index contributed by atoms with van der Waals surface area (Å²) in [6.07, 6.45) is 8.06. The summed E-state index contributed by atoms with van der Waals surface area (Å²) in [6, 6.07) is 0. The molecule has 0 amide bonds. The van der Waals surface area contributed by atoms with Crippen LogP contribution in [0.3, 0.4) is 0 Å². The normalized spacial score (nSPS) is 22.8. The Morgan fingerprint density at radius 1 is 1.15 bits per heavy atom. The van der Waals surface area contributed by atoms with Gasteiger partial charge in [-0.3, -0.25) is 0 Å². The molecule has 0 spiro atoms. The Balaban J connectivity index is 2.82. The molecule has 1 fully saturated rings. The summed E-state index contributed by atoms with van der Waals surface area (Å²) < 4.78 is 0. The monoisotopic (exact) mass is 276 g/mol. The zero-order valence-corrected chi connectivity index (χ0v) is 14.8. The number of rotatable bonds is 6. The van der Waals surface area contributed by atoms with Crippen LogP contribution >= 0.6 is 0 Å². The second-order valence-electron chi connectivity index (χ2n) is 7.77. The van der Waals surface area contributed by atoms with Crippen LogP contribution in [0.15, 0.2) is 23.3 Å². The molecule has 0 aromatic carbocycles. The molecule has 1 rings (SSSR count). The lowest BCUT2D eigenvalue weighted by atomic mass is 9.68. The van der Waals surface area contributed by atoms with Crippen LogP contribution in [0.5, 0.6) is 0 Å². The van der Waals surface area contributed by atoms with Crippen LogP contribution < -0.4 is 0 Å². The van der Waals surface area contributed by atoms with Crippen molar-refractivity contribution in [3.63, 3.8) is 0 Å². The van der Waals surface area contributed by atoms with Gasteiger partial charge in [0.1, 0.15) is 0 Å². The standard InChI is InChI=1S/C20H36/c1-14(2)12-20(18(7)13-17(6)15(3)4)19-11-9-8-10-16(19)5/h14,18-20H,5,8-13H2,1-4,6-7H3. The highest BCUT2D eigenvalue weighted by Crippen LogP contribution is 2.41. The lowest BCUT2D eigenvalue weighted by Gasteiger charge is -2.37. The van der Waals surface area contributed by atoms with Crippen molar-refractivity contribution in [2.75, 3.05) is 0 Å². The molecule has 1 aliphatic carbocycles. The Labute approximate surface area is 127 Å². The van der Waals surface area contributed by atoms with Crippen molar-refractivity contribution in [2.24, 2.45) is 23.7 Å².